The van der Waals surface area contributed by atoms with Crippen molar-refractivity contribution in [2.45, 2.75) is 19.9 Å². The number of hydrogen-bond acceptors (Lipinski definition) is 3. The number of likely N-dealkylation sites (N-methyl/N-ethyl adjacent to an activating group) is 1. The van der Waals surface area contributed by atoms with Crippen LogP contribution in [0.5, 0.6) is 5.75 Å². The molecule has 0 radical (unpaired) electrons. The van der Waals surface area contributed by atoms with E-state index in [0.717, 1.165) is 52.5 Å². The van der Waals surface area contributed by atoms with Crippen molar-refractivity contribution in [2.24, 2.45) is 0 Å². The zero-order valence-corrected chi connectivity index (χ0v) is 14.0. The van der Waals surface area contributed by atoms with Gasteiger partial charge in [0.25, 0.3) is 5.69 Å². The molecule has 0 fully saturated rings. The monoisotopic (exact) mass is 320 g/mol. The number of nitrogens with two attached hydrogens (primary N) is 1. The van der Waals surface area contributed by atoms with Gasteiger partial charge in [0.15, 0.2) is 5.76 Å². The van der Waals surface area contributed by atoms with Gasteiger partial charge in [0, 0.05) is 23.2 Å². The van der Waals surface area contributed by atoms with E-state index in [2.05, 4.69) is 48.0 Å². The minimum absolute atomic E-state index is 0.264. The van der Waals surface area contributed by atoms with Gasteiger partial charge in [-0.15, -0.1) is 0 Å². The molecule has 1 atom stereocenters. The van der Waals surface area contributed by atoms with Gasteiger partial charge in [-0.05, 0) is 25.2 Å². The Hall–Kier alpha value is -2.59. The van der Waals surface area contributed by atoms with Gasteiger partial charge in [0.1, 0.15) is 0 Å². The summed E-state index contributed by atoms with van der Waals surface area (Å²) in [5.41, 5.74) is 8.93. The highest BCUT2D eigenvalue weighted by atomic mass is 16.5. The number of fused-ring (bicyclic) bond motifs is 4. The lowest BCUT2D eigenvalue weighted by atomic mass is 10.0. The van der Waals surface area contributed by atoms with E-state index in [1.807, 2.05) is 24.3 Å². The van der Waals surface area contributed by atoms with E-state index in [1.165, 1.54) is 0 Å². The van der Waals surface area contributed by atoms with Crippen LogP contribution in [0.3, 0.4) is 0 Å². The average Bonchev–Trinajstić information content (AvgIpc) is 2.62. The Morgan fingerprint density at radius 1 is 1.17 bits per heavy atom. The molecule has 24 heavy (non-hydrogen) atoms. The van der Waals surface area contributed by atoms with E-state index in [1.54, 1.807) is 0 Å². The van der Waals surface area contributed by atoms with Gasteiger partial charge in [-0.25, -0.2) is 0 Å². The molecule has 2 aromatic rings. The maximum Gasteiger partial charge on any atom is 0.255 e. The molecule has 4 rings (SSSR count). The van der Waals surface area contributed by atoms with Gasteiger partial charge >= 0.3 is 0 Å². The Kier molecular flexibility index (Phi) is 3.62. The molecule has 2 aromatic carbocycles. The molecule has 1 heterocycles. The fourth-order valence-electron chi connectivity index (χ4n) is 3.48. The van der Waals surface area contributed by atoms with Gasteiger partial charge in [-0.3, -0.25) is 4.90 Å². The predicted molar refractivity (Wildman–Crippen MR) is 98.6 cm³/mol. The third kappa shape index (κ3) is 2.31. The number of ether oxygens (including phenoxy) is 1. The normalized spacial score (nSPS) is 18.7. The summed E-state index contributed by atoms with van der Waals surface area (Å²) in [5.74, 6) is 1.66. The molecule has 0 saturated heterocycles. The summed E-state index contributed by atoms with van der Waals surface area (Å²) >= 11 is 0. The molecular weight excluding hydrogens is 298 g/mol. The zero-order chi connectivity index (χ0) is 16.7. The van der Waals surface area contributed by atoms with Gasteiger partial charge < -0.3 is 10.5 Å². The summed E-state index contributed by atoms with van der Waals surface area (Å²) in [6, 6.07) is 10.3. The highest BCUT2D eigenvalue weighted by molar-refractivity contribution is 6.08. The molecule has 1 aliphatic carbocycles. The maximum absolute atomic E-state index is 6.21. The largest absolute Gasteiger partial charge is 0.444 e. The summed E-state index contributed by atoms with van der Waals surface area (Å²) in [6.07, 6.45) is 6.50. The second kappa shape index (κ2) is 5.80. The molecule has 2 aliphatic rings. The smallest absolute Gasteiger partial charge is 0.255 e. The molecule has 3 N–H and O–H groups in total. The summed E-state index contributed by atoms with van der Waals surface area (Å²) in [6.45, 7) is 6.37. The number of nitrogen functional groups attached to an aromatic ring is 1. The van der Waals surface area contributed by atoms with Crippen molar-refractivity contribution in [3.63, 3.8) is 0 Å². The van der Waals surface area contributed by atoms with Crippen LogP contribution in [0.4, 0.5) is 11.4 Å². The molecule has 0 spiro atoms. The first-order chi connectivity index (χ1) is 11.7. The lowest BCUT2D eigenvalue weighted by Gasteiger charge is -2.27. The lowest BCUT2D eigenvalue weighted by Crippen LogP contribution is -2.69. The van der Waals surface area contributed by atoms with Crippen molar-refractivity contribution >= 4 is 27.9 Å². The van der Waals surface area contributed by atoms with E-state index in [0.29, 0.717) is 0 Å². The number of rotatable bonds is 3. The maximum atomic E-state index is 6.21. The number of anilines is 1. The van der Waals surface area contributed by atoms with Gasteiger partial charge in [-0.2, -0.15) is 4.99 Å². The van der Waals surface area contributed by atoms with Crippen LogP contribution < -0.4 is 15.5 Å². The Morgan fingerprint density at radius 2 is 1.92 bits per heavy atom. The average molecular weight is 320 g/mol. The van der Waals surface area contributed by atoms with Crippen molar-refractivity contribution < 1.29 is 9.73 Å². The molecule has 1 unspecified atom stereocenters. The van der Waals surface area contributed by atoms with Crippen molar-refractivity contribution in [3.8, 4) is 5.75 Å². The zero-order valence-electron chi connectivity index (χ0n) is 14.0. The summed E-state index contributed by atoms with van der Waals surface area (Å²) < 4.78 is 6.20. The second-order valence-corrected chi connectivity index (χ2v) is 6.13. The fourth-order valence-corrected chi connectivity index (χ4v) is 3.48. The van der Waals surface area contributed by atoms with Crippen molar-refractivity contribution in [1.29, 1.82) is 0 Å². The van der Waals surface area contributed by atoms with Crippen LogP contribution in [-0.2, 0) is 0 Å². The highest BCUT2D eigenvalue weighted by Gasteiger charge is 2.30. The molecule has 0 aromatic heterocycles. The topological polar surface area (TPSA) is 52.5 Å². The highest BCUT2D eigenvalue weighted by Crippen LogP contribution is 2.36. The van der Waals surface area contributed by atoms with Crippen LogP contribution in [0.25, 0.3) is 10.8 Å². The van der Waals surface area contributed by atoms with E-state index < -0.39 is 0 Å². The molecule has 0 bridgehead atoms. The minimum Gasteiger partial charge on any atom is -0.444 e. The van der Waals surface area contributed by atoms with Crippen LogP contribution in [0.1, 0.15) is 13.8 Å². The molecule has 0 amide bonds. The van der Waals surface area contributed by atoms with Gasteiger partial charge in [0.05, 0.1) is 11.4 Å². The van der Waals surface area contributed by atoms with Crippen molar-refractivity contribution in [3.05, 3.63) is 54.3 Å². The first-order valence-corrected chi connectivity index (χ1v) is 8.48. The Balaban J connectivity index is 1.81. The first kappa shape index (κ1) is 15.0. The summed E-state index contributed by atoms with van der Waals surface area (Å²) in [5, 5.41) is 2.12. The third-order valence-corrected chi connectivity index (χ3v) is 4.80. The van der Waals surface area contributed by atoms with Crippen LogP contribution >= 0.6 is 0 Å². The number of nitrogens with zero attached hydrogens (tertiary/aromatic N) is 1. The standard InChI is InChI=1S/C20H21N3O/c1-3-23(4-2)13-9-10-17-18(11-13)24-19-12-16(21)14-7-5-6-8-15(14)20(19)22-17/h5-13H,3-4,21H2,1-2H3/p+1. The van der Waals surface area contributed by atoms with E-state index in [4.69, 9.17) is 10.5 Å². The number of nitrogens with one attached hydrogen (secondary N) is 1. The molecule has 4 heteroatoms. The third-order valence-electron chi connectivity index (χ3n) is 4.80. The second-order valence-electron chi connectivity index (χ2n) is 6.13. The number of benzene rings is 2. The lowest BCUT2D eigenvalue weighted by molar-refractivity contribution is -0.355. The van der Waals surface area contributed by atoms with Crippen molar-refractivity contribution in [1.82, 2.24) is 4.90 Å². The van der Waals surface area contributed by atoms with Gasteiger partial charge in [-0.1, -0.05) is 38.1 Å². The van der Waals surface area contributed by atoms with E-state index >= 15 is 0 Å². The Morgan fingerprint density at radius 3 is 2.67 bits per heavy atom. The SMILES string of the molecule is CCN(CC)C1C=CC2=[NH+]c3c(cc(N)c4ccccc34)OC2=C1. The first-order valence-electron chi connectivity index (χ1n) is 8.48. The van der Waals surface area contributed by atoms with E-state index in [-0.39, 0.29) is 6.04 Å². The molecule has 4 nitrogen and oxygen atoms in total. The van der Waals surface area contributed by atoms with Crippen LogP contribution in [0, 0.1) is 0 Å². The van der Waals surface area contributed by atoms with Crippen LogP contribution in [-0.4, -0.2) is 29.7 Å². The van der Waals surface area contributed by atoms with Crippen LogP contribution in [0.15, 0.2) is 54.3 Å². The van der Waals surface area contributed by atoms with Crippen LogP contribution in [0.2, 0.25) is 0 Å². The van der Waals surface area contributed by atoms with Gasteiger partial charge in [0.2, 0.25) is 11.5 Å². The molecular formula is C20H22N3O+. The number of allylic oxidation sites excluding steroid dienone is 1. The summed E-state index contributed by atoms with van der Waals surface area (Å²) in [4.78, 5) is 5.91. The predicted octanol–water partition coefficient (Wildman–Crippen LogP) is 2.13. The number of hydrogen-bond donors (Lipinski definition) is 2. The minimum atomic E-state index is 0.264. The van der Waals surface area contributed by atoms with Crippen molar-refractivity contribution in [2.75, 3.05) is 18.8 Å². The fraction of sp³-hybridized carbons (Fsp3) is 0.250. The quantitative estimate of drug-likeness (QED) is 0.852. The summed E-state index contributed by atoms with van der Waals surface area (Å²) in [7, 11) is 0. The molecule has 0 saturated carbocycles. The Bertz CT molecular complexity index is 891. The van der Waals surface area contributed by atoms with E-state index in [9.17, 15) is 0 Å². The molecule has 1 aliphatic heterocycles. The molecule has 122 valence electrons. The Labute approximate surface area is 141 Å².